The van der Waals surface area contributed by atoms with Gasteiger partial charge in [-0.05, 0) is 48.9 Å². The van der Waals surface area contributed by atoms with Crippen LogP contribution in [0.4, 0.5) is 17.6 Å². The predicted molar refractivity (Wildman–Crippen MR) is 103 cm³/mol. The summed E-state index contributed by atoms with van der Waals surface area (Å²) < 4.78 is 52.7. The van der Waals surface area contributed by atoms with Gasteiger partial charge in [0.15, 0.2) is 0 Å². The van der Waals surface area contributed by atoms with Crippen LogP contribution >= 0.6 is 0 Å². The number of alkyl halides is 3. The summed E-state index contributed by atoms with van der Waals surface area (Å²) in [5, 5.41) is 11.3. The smallest absolute Gasteiger partial charge is 0.389 e. The van der Waals surface area contributed by atoms with Crippen molar-refractivity contribution in [3.8, 4) is 0 Å². The van der Waals surface area contributed by atoms with Crippen LogP contribution < -0.4 is 0 Å². The van der Waals surface area contributed by atoms with Crippen LogP contribution in [-0.4, -0.2) is 27.7 Å². The fourth-order valence-electron chi connectivity index (χ4n) is 5.09. The molecule has 2 aromatic carbocycles. The van der Waals surface area contributed by atoms with Crippen molar-refractivity contribution in [2.24, 2.45) is 0 Å². The second-order valence-corrected chi connectivity index (χ2v) is 8.52. The van der Waals surface area contributed by atoms with Gasteiger partial charge in [0.05, 0.1) is 11.2 Å². The fourth-order valence-corrected chi connectivity index (χ4v) is 5.09. The van der Waals surface area contributed by atoms with E-state index >= 15 is 0 Å². The summed E-state index contributed by atoms with van der Waals surface area (Å²) in [5.74, 6) is -1.28. The Kier molecular flexibility index (Phi) is 5.42. The molecule has 156 valence electrons. The zero-order valence-corrected chi connectivity index (χ0v) is 16.1. The molecule has 2 aromatic rings. The number of halogens is 4. The van der Waals surface area contributed by atoms with Crippen LogP contribution in [0.3, 0.4) is 0 Å². The maximum Gasteiger partial charge on any atom is 0.419 e. The lowest BCUT2D eigenvalue weighted by Gasteiger charge is -2.52. The summed E-state index contributed by atoms with van der Waals surface area (Å²) in [5.41, 5.74) is -0.775. The highest BCUT2D eigenvalue weighted by molar-refractivity contribution is 5.29. The first-order valence-electron chi connectivity index (χ1n) is 10.1. The average Bonchev–Trinajstić information content (AvgIpc) is 2.64. The van der Waals surface area contributed by atoms with E-state index in [4.69, 9.17) is 0 Å². The Hall–Kier alpha value is -1.92. The second-order valence-electron chi connectivity index (χ2n) is 8.52. The maximum absolute atomic E-state index is 13.6. The average molecular weight is 407 g/mol. The lowest BCUT2D eigenvalue weighted by Crippen LogP contribution is -2.58. The molecular formula is C23H25F4NO. The van der Waals surface area contributed by atoms with Crippen molar-refractivity contribution in [1.82, 2.24) is 4.90 Å². The standard InChI is InChI=1S/C23H25F4NO/c24-21-10-9-17(11-20(21)23(25,26)27)12-22(29)13-18-7-4-8-19(14-22)28(18)15-16-5-2-1-3-6-16/h1-3,5-6,9-11,18-19,29H,4,7-8,12-15H2. The van der Waals surface area contributed by atoms with Crippen molar-refractivity contribution in [2.45, 2.75) is 68.9 Å². The molecule has 2 aliphatic rings. The number of piperidine rings is 2. The van der Waals surface area contributed by atoms with Gasteiger partial charge < -0.3 is 5.11 Å². The van der Waals surface area contributed by atoms with Gasteiger partial charge in [0, 0.05) is 25.0 Å². The van der Waals surface area contributed by atoms with Crippen LogP contribution in [-0.2, 0) is 19.1 Å². The van der Waals surface area contributed by atoms with Gasteiger partial charge >= 0.3 is 6.18 Å². The highest BCUT2D eigenvalue weighted by Crippen LogP contribution is 2.42. The zero-order valence-electron chi connectivity index (χ0n) is 16.1. The first-order chi connectivity index (χ1) is 13.7. The molecular weight excluding hydrogens is 382 g/mol. The van der Waals surface area contributed by atoms with Gasteiger partial charge in [0.25, 0.3) is 0 Å². The minimum Gasteiger partial charge on any atom is -0.389 e. The third-order valence-electron chi connectivity index (χ3n) is 6.32. The van der Waals surface area contributed by atoms with Crippen LogP contribution in [0.1, 0.15) is 48.8 Å². The molecule has 0 saturated carbocycles. The Morgan fingerprint density at radius 3 is 2.24 bits per heavy atom. The largest absolute Gasteiger partial charge is 0.419 e. The number of benzene rings is 2. The highest BCUT2D eigenvalue weighted by atomic mass is 19.4. The molecule has 4 rings (SSSR count). The number of aliphatic hydroxyl groups is 1. The minimum absolute atomic E-state index is 0.114. The van der Waals surface area contributed by atoms with Gasteiger partial charge in [-0.15, -0.1) is 0 Å². The molecule has 0 amide bonds. The molecule has 6 heteroatoms. The molecule has 2 saturated heterocycles. The maximum atomic E-state index is 13.6. The number of fused-ring (bicyclic) bond motifs is 2. The summed E-state index contributed by atoms with van der Waals surface area (Å²) >= 11 is 0. The molecule has 1 N–H and O–H groups in total. The Labute approximate surface area is 168 Å². The molecule has 2 nitrogen and oxygen atoms in total. The minimum atomic E-state index is -4.74. The topological polar surface area (TPSA) is 23.5 Å². The van der Waals surface area contributed by atoms with E-state index in [1.54, 1.807) is 0 Å². The Morgan fingerprint density at radius 1 is 0.966 bits per heavy atom. The predicted octanol–water partition coefficient (Wildman–Crippen LogP) is 5.34. The van der Waals surface area contributed by atoms with E-state index in [-0.39, 0.29) is 18.5 Å². The van der Waals surface area contributed by atoms with E-state index < -0.39 is 23.2 Å². The van der Waals surface area contributed by atoms with E-state index in [0.717, 1.165) is 37.9 Å². The number of rotatable bonds is 4. The van der Waals surface area contributed by atoms with Crippen LogP contribution in [0.25, 0.3) is 0 Å². The van der Waals surface area contributed by atoms with Gasteiger partial charge in [-0.3, -0.25) is 4.90 Å². The van der Waals surface area contributed by atoms with E-state index in [1.165, 1.54) is 11.6 Å². The fraction of sp³-hybridized carbons (Fsp3) is 0.478. The summed E-state index contributed by atoms with van der Waals surface area (Å²) in [6.45, 7) is 0.820. The third kappa shape index (κ3) is 4.48. The summed E-state index contributed by atoms with van der Waals surface area (Å²) in [6.07, 6.45) is -0.526. The monoisotopic (exact) mass is 407 g/mol. The highest BCUT2D eigenvalue weighted by Gasteiger charge is 2.45. The van der Waals surface area contributed by atoms with Gasteiger partial charge in [-0.25, -0.2) is 4.39 Å². The summed E-state index contributed by atoms with van der Waals surface area (Å²) in [4.78, 5) is 2.44. The van der Waals surface area contributed by atoms with Crippen LogP contribution in [0, 0.1) is 5.82 Å². The second kappa shape index (κ2) is 7.73. The van der Waals surface area contributed by atoms with E-state index in [2.05, 4.69) is 17.0 Å². The van der Waals surface area contributed by atoms with E-state index in [0.29, 0.717) is 18.4 Å². The van der Waals surface area contributed by atoms with E-state index in [1.807, 2.05) is 18.2 Å². The summed E-state index contributed by atoms with van der Waals surface area (Å²) in [6, 6.07) is 13.7. The molecule has 2 fully saturated rings. The Balaban J connectivity index is 1.52. The lowest BCUT2D eigenvalue weighted by molar-refractivity contribution is -0.140. The van der Waals surface area contributed by atoms with Crippen molar-refractivity contribution in [1.29, 1.82) is 0 Å². The summed E-state index contributed by atoms with van der Waals surface area (Å²) in [7, 11) is 0. The SMILES string of the molecule is OC1(Cc2ccc(F)c(C(F)(F)F)c2)CC2CCCC(C1)N2Cc1ccccc1. The van der Waals surface area contributed by atoms with Crippen molar-refractivity contribution in [2.75, 3.05) is 0 Å². The molecule has 0 aliphatic carbocycles. The van der Waals surface area contributed by atoms with Crippen molar-refractivity contribution in [3.05, 3.63) is 71.0 Å². The number of hydrogen-bond acceptors (Lipinski definition) is 2. The molecule has 2 aliphatic heterocycles. The first-order valence-corrected chi connectivity index (χ1v) is 10.1. The normalized spacial score (nSPS) is 27.8. The third-order valence-corrected chi connectivity index (χ3v) is 6.32. The molecule has 0 radical (unpaired) electrons. The Morgan fingerprint density at radius 2 is 1.62 bits per heavy atom. The van der Waals surface area contributed by atoms with Crippen LogP contribution in [0.15, 0.2) is 48.5 Å². The van der Waals surface area contributed by atoms with Crippen LogP contribution in [0.5, 0.6) is 0 Å². The molecule has 29 heavy (non-hydrogen) atoms. The Bertz CT molecular complexity index is 838. The number of nitrogens with zero attached hydrogens (tertiary/aromatic N) is 1. The van der Waals surface area contributed by atoms with Crippen molar-refractivity contribution >= 4 is 0 Å². The van der Waals surface area contributed by atoms with Crippen LogP contribution in [0.2, 0.25) is 0 Å². The van der Waals surface area contributed by atoms with E-state index in [9.17, 15) is 22.7 Å². The van der Waals surface area contributed by atoms with Crippen molar-refractivity contribution < 1.29 is 22.7 Å². The van der Waals surface area contributed by atoms with Crippen molar-refractivity contribution in [3.63, 3.8) is 0 Å². The lowest BCUT2D eigenvalue weighted by atomic mass is 9.73. The molecule has 2 heterocycles. The quantitative estimate of drug-likeness (QED) is 0.692. The molecule has 2 bridgehead atoms. The van der Waals surface area contributed by atoms with Gasteiger partial charge in [0.1, 0.15) is 5.82 Å². The number of hydrogen-bond donors (Lipinski definition) is 1. The molecule has 0 aromatic heterocycles. The zero-order chi connectivity index (χ0) is 20.6. The van der Waals surface area contributed by atoms with Gasteiger partial charge in [0.2, 0.25) is 0 Å². The molecule has 2 atom stereocenters. The first kappa shape index (κ1) is 20.4. The van der Waals surface area contributed by atoms with Gasteiger partial charge in [-0.1, -0.05) is 42.8 Å². The molecule has 2 unspecified atom stereocenters. The molecule has 0 spiro atoms. The van der Waals surface area contributed by atoms with Gasteiger partial charge in [-0.2, -0.15) is 13.2 Å².